The smallest absolute Gasteiger partial charge is 0.238 e. The van der Waals surface area contributed by atoms with Gasteiger partial charge in [-0.05, 0) is 41.1 Å². The van der Waals surface area contributed by atoms with Gasteiger partial charge in [-0.25, -0.2) is 4.98 Å². The van der Waals surface area contributed by atoms with Crippen LogP contribution in [0.4, 0.5) is 0 Å². The number of ether oxygens (including phenoxy) is 1. The zero-order valence-electron chi connectivity index (χ0n) is 31.9. The van der Waals surface area contributed by atoms with Crippen LogP contribution < -0.4 is 4.74 Å². The van der Waals surface area contributed by atoms with Crippen molar-refractivity contribution >= 4 is 32.8 Å². The number of fused-ring (bicyclic) bond motifs is 5. The molecule has 6 heteroatoms. The van der Waals surface area contributed by atoms with Gasteiger partial charge in [-0.1, -0.05) is 63.2 Å². The van der Waals surface area contributed by atoms with Gasteiger partial charge in [0.15, 0.2) is 0 Å². The third kappa shape index (κ3) is 5.33. The Morgan fingerprint density at radius 1 is 0.843 bits per heavy atom. The number of para-hydroxylation sites is 3. The molecule has 0 saturated carbocycles. The van der Waals surface area contributed by atoms with Gasteiger partial charge < -0.3 is 0 Å². The zero-order valence-corrected chi connectivity index (χ0v) is 31.2. The number of aryl methyl sites for hydroxylation is 3. The first-order valence-electron chi connectivity index (χ1n) is 18.8. The van der Waals surface area contributed by atoms with Gasteiger partial charge in [0.1, 0.15) is 0 Å². The quantitative estimate of drug-likeness (QED) is 0.162. The number of pyridine rings is 1. The molecule has 1 atom stereocenters. The van der Waals surface area contributed by atoms with E-state index in [1.807, 2.05) is 53.1 Å². The monoisotopic (exact) mass is 848 g/mol. The number of imidazole rings is 1. The van der Waals surface area contributed by atoms with Crippen molar-refractivity contribution in [3.05, 3.63) is 148 Å². The molecule has 3 aromatic heterocycles. The predicted molar refractivity (Wildman–Crippen MR) is 202 cm³/mol. The molecule has 1 aliphatic carbocycles. The normalized spacial score (nSPS) is 15.6. The Kier molecular flexibility index (Phi) is 6.78. The van der Waals surface area contributed by atoms with E-state index < -0.39 is 6.85 Å². The molecule has 0 aliphatic heterocycles. The molecule has 0 bridgehead atoms. The molecule has 51 heavy (non-hydrogen) atoms. The predicted octanol–water partition coefficient (Wildman–Crippen LogP) is 10.8. The Morgan fingerprint density at radius 3 is 2.35 bits per heavy atom. The summed E-state index contributed by atoms with van der Waals surface area (Å²) in [5.41, 5.74) is 9.32. The summed E-state index contributed by atoms with van der Waals surface area (Å²) in [7, 11) is 2.12. The van der Waals surface area contributed by atoms with E-state index >= 15 is 0 Å². The molecule has 0 fully saturated rings. The van der Waals surface area contributed by atoms with Gasteiger partial charge in [-0.3, -0.25) is 0 Å². The molecule has 9 rings (SSSR count). The third-order valence-electron chi connectivity index (χ3n) is 10.3. The fraction of sp³-hybridized carbons (Fsp3) is 0.200. The van der Waals surface area contributed by atoms with Crippen molar-refractivity contribution in [3.63, 3.8) is 0 Å². The van der Waals surface area contributed by atoms with Gasteiger partial charge in [-0.2, -0.15) is 0 Å². The van der Waals surface area contributed by atoms with E-state index in [0.717, 1.165) is 45.8 Å². The van der Waals surface area contributed by atoms with Crippen LogP contribution >= 0.6 is 0 Å². The molecule has 1 aliphatic rings. The average Bonchev–Trinajstić information content (AvgIpc) is 3.79. The number of benzene rings is 5. The van der Waals surface area contributed by atoms with Gasteiger partial charge in [0, 0.05) is 15.9 Å². The topological polar surface area (TPSA) is 36.9 Å². The minimum Gasteiger partial charge on any atom is -0.238 e. The summed E-state index contributed by atoms with van der Waals surface area (Å²) in [6, 6.07) is 41.9. The maximum absolute atomic E-state index is 8.55. The van der Waals surface area contributed by atoms with E-state index in [-0.39, 0.29) is 17.0 Å². The number of hydrogen-bond donors (Lipinski definition) is 0. The van der Waals surface area contributed by atoms with Crippen molar-refractivity contribution in [1.82, 2.24) is 18.7 Å². The van der Waals surface area contributed by atoms with E-state index in [0.29, 0.717) is 22.9 Å². The number of nitrogens with zero attached hydrogens (tertiary/aromatic N) is 4. The van der Waals surface area contributed by atoms with Crippen LogP contribution in [0.3, 0.4) is 0 Å². The van der Waals surface area contributed by atoms with E-state index in [1.54, 1.807) is 12.3 Å². The van der Waals surface area contributed by atoms with Gasteiger partial charge >= 0.3 is 189 Å². The molecule has 5 aromatic carbocycles. The van der Waals surface area contributed by atoms with Crippen LogP contribution in [0.1, 0.15) is 59.6 Å². The molecule has 3 heterocycles. The number of rotatable bonds is 5. The third-order valence-corrected chi connectivity index (χ3v) is 11.6. The molecule has 5 nitrogen and oxygen atoms in total. The Balaban J connectivity index is 1.12. The number of aromatic nitrogens is 4. The first-order valence-corrected chi connectivity index (χ1v) is 18.4. The maximum atomic E-state index is 8.55. The van der Waals surface area contributed by atoms with E-state index in [1.165, 1.54) is 26.0 Å². The van der Waals surface area contributed by atoms with Crippen LogP contribution in [0.5, 0.6) is 11.5 Å². The Labute approximate surface area is 313 Å². The van der Waals surface area contributed by atoms with E-state index in [2.05, 4.69) is 117 Å². The summed E-state index contributed by atoms with van der Waals surface area (Å²) in [5, 5.41) is 1.99. The van der Waals surface area contributed by atoms with E-state index in [9.17, 15) is 0 Å². The molecule has 256 valence electrons. The van der Waals surface area contributed by atoms with Crippen molar-refractivity contribution in [1.29, 1.82) is 0 Å². The molecular weight excluding hydrogens is 808 g/mol. The van der Waals surface area contributed by atoms with Gasteiger partial charge in [-0.15, -0.1) is 0 Å². The summed E-state index contributed by atoms with van der Waals surface area (Å²) in [6.07, 6.45) is 3.66. The van der Waals surface area contributed by atoms with E-state index in [4.69, 9.17) is 13.8 Å². The van der Waals surface area contributed by atoms with Crippen LogP contribution in [-0.4, -0.2) is 18.7 Å². The summed E-state index contributed by atoms with van der Waals surface area (Å²) in [4.78, 5) is 4.90. The zero-order chi connectivity index (χ0) is 37.5. The molecule has 0 spiro atoms. The Hall–Kier alpha value is -4.99. The van der Waals surface area contributed by atoms with Crippen molar-refractivity contribution in [2.45, 2.75) is 51.9 Å². The molecule has 0 N–H and O–H groups in total. The molecule has 0 saturated heterocycles. The minimum absolute atomic E-state index is 0.0144. The molecule has 0 amide bonds. The summed E-state index contributed by atoms with van der Waals surface area (Å²) in [6.45, 7) is 4.13. The van der Waals surface area contributed by atoms with Crippen molar-refractivity contribution in [2.75, 3.05) is 0 Å². The minimum atomic E-state index is -2.36. The standard InChI is InChI=1S/C45H38N4O.Pt/c1-29-24-44(46-27-38(29)31-14-18-32(19-15-31)45(2,3)4)49-40-11-7-6-10-35(40)36-22-21-34(26-43(36)49)50-33-20-16-30-17-23-39(37(30)25-33)48-28-47(5)41-12-8-9-13-42(41)48;/h6-16,18-22,24,27,39H,17,23H2,1-5H3;/q-2;/i1D3;. The Morgan fingerprint density at radius 2 is 1.57 bits per heavy atom. The van der Waals surface area contributed by atoms with Crippen LogP contribution in [0.15, 0.2) is 109 Å². The second-order valence-corrected chi connectivity index (χ2v) is 15.4. The van der Waals surface area contributed by atoms with Crippen molar-refractivity contribution in [3.8, 4) is 28.4 Å². The summed E-state index contributed by atoms with van der Waals surface area (Å²) in [5.74, 6) is 1.67. The fourth-order valence-electron chi connectivity index (χ4n) is 7.61. The SMILES string of the molecule is [2H]C([2H])([2H])c1cc(-n2c3[c-]c(Oc4[c-]c5c(cc4)CCC5n4[c](=[Pt])n(C)c5ccccc54)ccc3c3ccccc32)ncc1-c1ccc(C(C)(C)C)cc1. The Bertz CT molecular complexity index is 2820. The molecule has 1 unspecified atom stereocenters. The first-order chi connectivity index (χ1) is 25.9. The van der Waals surface area contributed by atoms with Gasteiger partial charge in [0.2, 0.25) is 0 Å². The number of hydrogen-bond acceptors (Lipinski definition) is 2. The van der Waals surface area contributed by atoms with Crippen LogP contribution in [0, 0.1) is 22.8 Å². The second-order valence-electron chi connectivity index (χ2n) is 14.4. The van der Waals surface area contributed by atoms with Gasteiger partial charge in [0.25, 0.3) is 0 Å². The average molecular weight is 849 g/mol. The second kappa shape index (κ2) is 12.1. The van der Waals surface area contributed by atoms with Crippen molar-refractivity contribution in [2.24, 2.45) is 7.05 Å². The van der Waals surface area contributed by atoms with Crippen LogP contribution in [0.25, 0.3) is 49.8 Å². The van der Waals surface area contributed by atoms with Gasteiger partial charge in [0.05, 0.1) is 0 Å². The first kappa shape index (κ1) is 28.7. The molecule has 8 aromatic rings. The fourth-order valence-corrected chi connectivity index (χ4v) is 8.51. The van der Waals surface area contributed by atoms with Crippen LogP contribution in [-0.2, 0) is 38.2 Å². The molecular formula is C45H38N4OPt-2. The van der Waals surface area contributed by atoms with Crippen LogP contribution in [0.2, 0.25) is 0 Å². The van der Waals surface area contributed by atoms with Crippen molar-refractivity contribution < 1.29 is 28.2 Å². The molecule has 0 radical (unpaired) electrons. The summed E-state index contributed by atoms with van der Waals surface area (Å²) >= 11 is 2.43. The summed E-state index contributed by atoms with van der Waals surface area (Å²) < 4.78 is 40.0.